The molecule has 1 saturated heterocycles. The maximum atomic E-state index is 12.3. The second kappa shape index (κ2) is 6.55. The lowest BCUT2D eigenvalue weighted by atomic mass is 10.2. The Labute approximate surface area is 124 Å². The molecule has 1 atom stereocenters. The number of benzene rings is 1. The molecular formula is C14H20N2O4S. The molecule has 0 aliphatic carbocycles. The van der Waals surface area contributed by atoms with Gasteiger partial charge in [0.1, 0.15) is 0 Å². The Hall–Kier alpha value is -1.44. The SMILES string of the molecule is C[C@@H](CO)NC(=O)c1ccc(S(=O)(=O)N2CCCC2)cc1. The number of sulfonamides is 1. The van der Waals surface area contributed by atoms with E-state index in [1.165, 1.54) is 28.6 Å². The molecule has 0 spiro atoms. The first-order valence-electron chi connectivity index (χ1n) is 6.97. The normalized spacial score (nSPS) is 17.6. The Bertz CT molecular complexity index is 592. The van der Waals surface area contributed by atoms with Crippen molar-refractivity contribution in [2.75, 3.05) is 19.7 Å². The number of hydrogen-bond donors (Lipinski definition) is 2. The molecule has 1 amide bonds. The van der Waals surface area contributed by atoms with Gasteiger partial charge in [0.25, 0.3) is 5.91 Å². The van der Waals surface area contributed by atoms with Crippen molar-refractivity contribution in [2.24, 2.45) is 0 Å². The zero-order valence-electron chi connectivity index (χ0n) is 11.9. The van der Waals surface area contributed by atoms with E-state index in [1.54, 1.807) is 6.92 Å². The first kappa shape index (κ1) is 15.9. The standard InChI is InChI=1S/C14H20N2O4S/c1-11(10-17)15-14(18)12-4-6-13(7-5-12)21(19,20)16-8-2-3-9-16/h4-7,11,17H,2-3,8-10H2,1H3,(H,15,18)/t11-/m0/s1. The Morgan fingerprint density at radius 1 is 1.29 bits per heavy atom. The largest absolute Gasteiger partial charge is 0.394 e. The number of rotatable bonds is 5. The molecule has 0 saturated carbocycles. The van der Waals surface area contributed by atoms with Crippen LogP contribution in [-0.2, 0) is 10.0 Å². The highest BCUT2D eigenvalue weighted by molar-refractivity contribution is 7.89. The van der Waals surface area contributed by atoms with Gasteiger partial charge in [-0.25, -0.2) is 8.42 Å². The van der Waals surface area contributed by atoms with Crippen molar-refractivity contribution in [1.82, 2.24) is 9.62 Å². The maximum absolute atomic E-state index is 12.3. The third-order valence-corrected chi connectivity index (χ3v) is 5.38. The molecule has 7 heteroatoms. The minimum absolute atomic E-state index is 0.146. The van der Waals surface area contributed by atoms with Crippen molar-refractivity contribution in [1.29, 1.82) is 0 Å². The number of aliphatic hydroxyl groups is 1. The number of carbonyl (C=O) groups is 1. The Morgan fingerprint density at radius 2 is 1.86 bits per heavy atom. The lowest BCUT2D eigenvalue weighted by molar-refractivity contribution is 0.0922. The molecule has 1 aromatic carbocycles. The van der Waals surface area contributed by atoms with Gasteiger partial charge >= 0.3 is 0 Å². The number of hydrogen-bond acceptors (Lipinski definition) is 4. The minimum atomic E-state index is -3.45. The van der Waals surface area contributed by atoms with E-state index in [9.17, 15) is 13.2 Å². The van der Waals surface area contributed by atoms with Crippen molar-refractivity contribution >= 4 is 15.9 Å². The molecule has 2 N–H and O–H groups in total. The van der Waals surface area contributed by atoms with E-state index in [-0.39, 0.29) is 23.5 Å². The van der Waals surface area contributed by atoms with Gasteiger partial charge in [0.15, 0.2) is 0 Å². The average molecular weight is 312 g/mol. The minimum Gasteiger partial charge on any atom is -0.394 e. The fourth-order valence-corrected chi connectivity index (χ4v) is 3.73. The lowest BCUT2D eigenvalue weighted by Gasteiger charge is -2.16. The topological polar surface area (TPSA) is 86.7 Å². The van der Waals surface area contributed by atoms with E-state index in [2.05, 4.69) is 5.32 Å². The molecule has 1 aliphatic rings. The van der Waals surface area contributed by atoms with E-state index in [0.29, 0.717) is 18.7 Å². The molecule has 2 rings (SSSR count). The fourth-order valence-electron chi connectivity index (χ4n) is 2.21. The molecule has 0 unspecified atom stereocenters. The predicted molar refractivity (Wildman–Crippen MR) is 78.4 cm³/mol. The molecular weight excluding hydrogens is 292 g/mol. The summed E-state index contributed by atoms with van der Waals surface area (Å²) in [6.07, 6.45) is 1.78. The van der Waals surface area contributed by atoms with Crippen molar-refractivity contribution in [2.45, 2.75) is 30.7 Å². The molecule has 116 valence electrons. The summed E-state index contributed by atoms with van der Waals surface area (Å²) in [6, 6.07) is 5.54. The quantitative estimate of drug-likeness (QED) is 0.833. The van der Waals surface area contributed by atoms with Crippen LogP contribution in [0, 0.1) is 0 Å². The van der Waals surface area contributed by atoms with Crippen LogP contribution in [0.5, 0.6) is 0 Å². The van der Waals surface area contributed by atoms with E-state index in [0.717, 1.165) is 12.8 Å². The van der Waals surface area contributed by atoms with E-state index in [1.807, 2.05) is 0 Å². The van der Waals surface area contributed by atoms with Gasteiger partial charge < -0.3 is 10.4 Å². The summed E-state index contributed by atoms with van der Waals surface area (Å²) in [5.41, 5.74) is 0.371. The number of aliphatic hydroxyl groups excluding tert-OH is 1. The molecule has 0 aromatic heterocycles. The number of nitrogens with one attached hydrogen (secondary N) is 1. The molecule has 6 nitrogen and oxygen atoms in total. The van der Waals surface area contributed by atoms with Crippen LogP contribution >= 0.6 is 0 Å². The summed E-state index contributed by atoms with van der Waals surface area (Å²) in [5, 5.41) is 11.5. The third-order valence-electron chi connectivity index (χ3n) is 3.47. The van der Waals surface area contributed by atoms with Crippen LogP contribution < -0.4 is 5.32 Å². The highest BCUT2D eigenvalue weighted by atomic mass is 32.2. The van der Waals surface area contributed by atoms with Crippen molar-refractivity contribution in [3.05, 3.63) is 29.8 Å². The first-order chi connectivity index (χ1) is 9.95. The highest BCUT2D eigenvalue weighted by Crippen LogP contribution is 2.21. The summed E-state index contributed by atoms with van der Waals surface area (Å²) >= 11 is 0. The molecule has 0 bridgehead atoms. The third kappa shape index (κ3) is 3.61. The van der Waals surface area contributed by atoms with Gasteiger partial charge in [-0.1, -0.05) is 0 Å². The molecule has 1 fully saturated rings. The number of nitrogens with zero attached hydrogens (tertiary/aromatic N) is 1. The summed E-state index contributed by atoms with van der Waals surface area (Å²) in [4.78, 5) is 12.1. The van der Waals surface area contributed by atoms with E-state index in [4.69, 9.17) is 5.11 Å². The van der Waals surface area contributed by atoms with Gasteiger partial charge in [-0.05, 0) is 44.0 Å². The van der Waals surface area contributed by atoms with Gasteiger partial charge in [-0.2, -0.15) is 4.31 Å². The van der Waals surface area contributed by atoms with Crippen LogP contribution in [-0.4, -0.2) is 49.5 Å². The molecule has 0 radical (unpaired) electrons. The predicted octanol–water partition coefficient (Wildman–Crippen LogP) is 0.582. The average Bonchev–Trinajstić information content (AvgIpc) is 3.02. The maximum Gasteiger partial charge on any atom is 0.251 e. The van der Waals surface area contributed by atoms with Gasteiger partial charge in [0.05, 0.1) is 11.5 Å². The second-order valence-electron chi connectivity index (χ2n) is 5.19. The summed E-state index contributed by atoms with van der Waals surface area (Å²) in [5.74, 6) is -0.332. The first-order valence-corrected chi connectivity index (χ1v) is 8.41. The lowest BCUT2D eigenvalue weighted by Crippen LogP contribution is -2.35. The molecule has 1 heterocycles. The zero-order valence-corrected chi connectivity index (χ0v) is 12.8. The van der Waals surface area contributed by atoms with Gasteiger partial charge in [0.2, 0.25) is 10.0 Å². The van der Waals surface area contributed by atoms with Gasteiger partial charge in [-0.15, -0.1) is 0 Å². The highest BCUT2D eigenvalue weighted by Gasteiger charge is 2.27. The molecule has 1 aliphatic heterocycles. The second-order valence-corrected chi connectivity index (χ2v) is 7.13. The Morgan fingerprint density at radius 3 is 2.38 bits per heavy atom. The monoisotopic (exact) mass is 312 g/mol. The summed E-state index contributed by atoms with van der Waals surface area (Å²) in [6.45, 7) is 2.65. The van der Waals surface area contributed by atoms with Crippen LogP contribution in [0.15, 0.2) is 29.2 Å². The van der Waals surface area contributed by atoms with E-state index >= 15 is 0 Å². The van der Waals surface area contributed by atoms with Crippen LogP contribution in [0.3, 0.4) is 0 Å². The van der Waals surface area contributed by atoms with Gasteiger partial charge in [0, 0.05) is 24.7 Å². The fraction of sp³-hybridized carbons (Fsp3) is 0.500. The van der Waals surface area contributed by atoms with Gasteiger partial charge in [-0.3, -0.25) is 4.79 Å². The van der Waals surface area contributed by atoms with Crippen molar-refractivity contribution in [3.63, 3.8) is 0 Å². The summed E-state index contributed by atoms with van der Waals surface area (Å²) < 4.78 is 26.1. The van der Waals surface area contributed by atoms with E-state index < -0.39 is 10.0 Å². The Kier molecular flexibility index (Phi) is 4.97. The summed E-state index contributed by atoms with van der Waals surface area (Å²) in [7, 11) is -3.45. The molecule has 21 heavy (non-hydrogen) atoms. The van der Waals surface area contributed by atoms with Crippen LogP contribution in [0.25, 0.3) is 0 Å². The van der Waals surface area contributed by atoms with Crippen LogP contribution in [0.2, 0.25) is 0 Å². The smallest absolute Gasteiger partial charge is 0.251 e. The van der Waals surface area contributed by atoms with Crippen LogP contribution in [0.1, 0.15) is 30.1 Å². The molecule has 1 aromatic rings. The van der Waals surface area contributed by atoms with Crippen molar-refractivity contribution < 1.29 is 18.3 Å². The Balaban J connectivity index is 2.13. The van der Waals surface area contributed by atoms with Crippen LogP contribution in [0.4, 0.5) is 0 Å². The van der Waals surface area contributed by atoms with Crippen molar-refractivity contribution in [3.8, 4) is 0 Å². The number of amides is 1. The zero-order chi connectivity index (χ0) is 15.5. The number of carbonyl (C=O) groups excluding carboxylic acids is 1.